The molecular weight excluding hydrogens is 1260 g/mol. The van der Waals surface area contributed by atoms with Crippen molar-refractivity contribution in [2.45, 2.75) is 105 Å². The highest BCUT2D eigenvalue weighted by Crippen LogP contribution is 2.59. The first-order valence-corrected chi connectivity index (χ1v) is 30.3. The highest BCUT2D eigenvalue weighted by molar-refractivity contribution is 6.48. The van der Waals surface area contributed by atoms with E-state index in [2.05, 4.69) is 0 Å². The lowest BCUT2D eigenvalue weighted by Gasteiger charge is -2.33. The SMILES string of the molecule is CC(C)(C)c1ccc(Oc2cc3c4c(cc(Oc5ccc(C(C)(C)C)cc5)c5c6c(Oc7ccc(C(C)(C)C)cc7)cc7c8c(cc(Oc9ccc(C(C)(C)C)cc9)c(c2c45)c86)C(=O)N(c2c(F)c(F)c(F)c(F)c2F)C7=O)C(=O)N(c2c(F)c(F)c(F)c(F)c2F)C3=O)cc1. The summed E-state index contributed by atoms with van der Waals surface area (Å²) in [4.78, 5) is 62.1. The topological polar surface area (TPSA) is 112 Å². The van der Waals surface area contributed by atoms with Crippen molar-refractivity contribution in [2.24, 2.45) is 0 Å². The van der Waals surface area contributed by atoms with Crippen LogP contribution in [0, 0.1) is 58.2 Å². The van der Waals surface area contributed by atoms with Gasteiger partial charge >= 0.3 is 0 Å². The minimum atomic E-state index is -2.58. The van der Waals surface area contributed by atoms with Gasteiger partial charge in [-0.2, -0.15) is 0 Å². The predicted octanol–water partition coefficient (Wildman–Crippen LogP) is 21.1. The van der Waals surface area contributed by atoms with Crippen LogP contribution in [0.2, 0.25) is 0 Å². The number of rotatable bonds is 10. The van der Waals surface area contributed by atoms with Gasteiger partial charge in [0, 0.05) is 43.1 Å². The summed E-state index contributed by atoms with van der Waals surface area (Å²) in [6.07, 6.45) is 0. The summed E-state index contributed by atoms with van der Waals surface area (Å²) in [5, 5.41) is -1.53. The number of carbonyl (C=O) groups is 4. The fraction of sp³-hybridized carbons (Fsp3) is 0.211. The number of fused-ring (bicyclic) bond motifs is 2. The third-order valence-electron chi connectivity index (χ3n) is 17.5. The number of amides is 4. The van der Waals surface area contributed by atoms with E-state index in [9.17, 15) is 8.78 Å². The Morgan fingerprint density at radius 3 is 0.604 bits per heavy atom. The Hall–Kier alpha value is -10.5. The van der Waals surface area contributed by atoms with Gasteiger partial charge < -0.3 is 18.9 Å². The number of hydrogen-bond acceptors (Lipinski definition) is 8. The quantitative estimate of drug-likeness (QED) is 0.0332. The highest BCUT2D eigenvalue weighted by atomic mass is 19.2. The number of benzene rings is 11. The van der Waals surface area contributed by atoms with Crippen LogP contribution in [0.3, 0.4) is 0 Å². The lowest BCUT2D eigenvalue weighted by Crippen LogP contribution is -2.42. The molecule has 10 nitrogen and oxygen atoms in total. The molecule has 11 aromatic carbocycles. The van der Waals surface area contributed by atoms with Gasteiger partial charge in [-0.05, 0) is 117 Å². The molecule has 0 saturated carbocycles. The average Bonchev–Trinajstić information content (AvgIpc) is 0.675. The van der Waals surface area contributed by atoms with Gasteiger partial charge in [-0.3, -0.25) is 19.2 Å². The van der Waals surface area contributed by atoms with Gasteiger partial charge in [0.05, 0.1) is 22.3 Å². The molecule has 13 rings (SSSR count). The molecule has 0 spiro atoms. The molecule has 0 saturated heterocycles. The van der Waals surface area contributed by atoms with Crippen molar-refractivity contribution in [3.05, 3.63) is 224 Å². The van der Waals surface area contributed by atoms with Gasteiger partial charge in [0.2, 0.25) is 11.6 Å². The monoisotopic (exact) mass is 1310 g/mol. The van der Waals surface area contributed by atoms with E-state index in [-0.39, 0.29) is 98.9 Å². The van der Waals surface area contributed by atoms with Crippen LogP contribution in [0.1, 0.15) is 147 Å². The molecule has 0 unspecified atom stereocenters. The Morgan fingerprint density at radius 2 is 0.427 bits per heavy atom. The van der Waals surface area contributed by atoms with E-state index in [4.69, 9.17) is 18.9 Å². The molecule has 2 heterocycles. The molecular formula is C76H56F10N2O8. The zero-order valence-corrected chi connectivity index (χ0v) is 53.5. The van der Waals surface area contributed by atoms with E-state index in [1.165, 1.54) is 0 Å². The number of halogens is 10. The highest BCUT2D eigenvalue weighted by Gasteiger charge is 2.46. The van der Waals surface area contributed by atoms with E-state index in [1.807, 2.05) is 83.1 Å². The molecule has 11 aromatic rings. The van der Waals surface area contributed by atoms with Crippen molar-refractivity contribution in [1.29, 1.82) is 0 Å². The fourth-order valence-corrected chi connectivity index (χ4v) is 12.4. The molecule has 0 aliphatic carbocycles. The van der Waals surface area contributed by atoms with Crippen LogP contribution in [0.5, 0.6) is 46.0 Å². The normalized spacial score (nSPS) is 13.8. The molecule has 0 atom stereocenters. The summed E-state index contributed by atoms with van der Waals surface area (Å²) in [6, 6.07) is 30.8. The summed E-state index contributed by atoms with van der Waals surface area (Å²) in [5.41, 5.74) is -4.73. The van der Waals surface area contributed by atoms with Gasteiger partial charge in [0.15, 0.2) is 46.5 Å². The lowest BCUT2D eigenvalue weighted by atomic mass is 9.80. The lowest BCUT2D eigenvalue weighted by molar-refractivity contribution is 0.0874. The molecule has 2 aliphatic heterocycles. The van der Waals surface area contributed by atoms with E-state index < -0.39 is 137 Å². The third-order valence-corrected chi connectivity index (χ3v) is 17.5. The molecule has 0 radical (unpaired) electrons. The Kier molecular flexibility index (Phi) is 14.7. The van der Waals surface area contributed by atoms with Crippen molar-refractivity contribution in [3.8, 4) is 46.0 Å². The Morgan fingerprint density at radius 1 is 0.250 bits per heavy atom. The van der Waals surface area contributed by atoms with E-state index in [0.717, 1.165) is 46.5 Å². The zero-order valence-electron chi connectivity index (χ0n) is 53.5. The van der Waals surface area contributed by atoms with Gasteiger partial charge in [-0.1, -0.05) is 132 Å². The number of nitrogens with zero attached hydrogens (tertiary/aromatic N) is 2. The van der Waals surface area contributed by atoms with E-state index >= 15 is 54.3 Å². The first-order chi connectivity index (χ1) is 45.0. The minimum Gasteiger partial charge on any atom is -0.457 e. The van der Waals surface area contributed by atoms with Crippen LogP contribution in [-0.2, 0) is 21.7 Å². The molecule has 0 fully saturated rings. The number of imide groups is 2. The van der Waals surface area contributed by atoms with Crippen LogP contribution in [0.15, 0.2) is 121 Å². The molecule has 2 aliphatic rings. The average molecular weight is 1320 g/mol. The second kappa shape index (κ2) is 22.0. The minimum absolute atomic E-state index is 0.0511. The molecule has 96 heavy (non-hydrogen) atoms. The summed E-state index contributed by atoms with van der Waals surface area (Å²) in [7, 11) is 0. The molecule has 0 bridgehead atoms. The Labute approximate surface area is 542 Å². The maximum Gasteiger partial charge on any atom is 0.266 e. The van der Waals surface area contributed by atoms with Crippen LogP contribution >= 0.6 is 0 Å². The number of carbonyl (C=O) groups excluding carboxylic acids is 4. The summed E-state index contributed by atoms with van der Waals surface area (Å²) >= 11 is 0. The molecule has 0 aromatic heterocycles. The number of hydrogen-bond donors (Lipinski definition) is 0. The molecule has 20 heteroatoms. The van der Waals surface area contributed by atoms with Gasteiger partial charge in [-0.15, -0.1) is 0 Å². The Bertz CT molecular complexity index is 4590. The summed E-state index contributed by atoms with van der Waals surface area (Å²) in [6.45, 7) is 23.4. The largest absolute Gasteiger partial charge is 0.457 e. The van der Waals surface area contributed by atoms with Crippen LogP contribution in [-0.4, -0.2) is 23.6 Å². The van der Waals surface area contributed by atoms with Crippen LogP contribution in [0.25, 0.3) is 43.1 Å². The van der Waals surface area contributed by atoms with Crippen molar-refractivity contribution in [2.75, 3.05) is 9.80 Å². The molecule has 0 N–H and O–H groups in total. The maximum atomic E-state index is 16.3. The second-order valence-electron chi connectivity index (χ2n) is 27.9. The van der Waals surface area contributed by atoms with Crippen molar-refractivity contribution in [3.63, 3.8) is 0 Å². The van der Waals surface area contributed by atoms with Gasteiger partial charge in [0.1, 0.15) is 57.4 Å². The first kappa shape index (κ1) is 64.2. The second-order valence-corrected chi connectivity index (χ2v) is 27.9. The standard InChI is InChI=1S/C76H56F10N2O8/c1-73(2,3)33-13-21-37(22-14-33)93-45-29-41-49-42(70(90)87(69(41)89)67-63(83)59(79)57(77)60(80)64(67)84)31-47(95-39-25-17-35(18-26-39)75(7,8)9)53-54-48(96-40-27-19-36(20-28-40)76(10,11)12)32-44-50-43(71(91)88(72(44)92)68-65(85)61(81)58(78)62(82)66(68)86)30-46(52(56(50)54)51(45)55(49)53)94-38-23-15-34(16-24-38)74(4,5)6/h13-32H,1-12H3. The molecule has 488 valence electrons. The predicted molar refractivity (Wildman–Crippen MR) is 343 cm³/mol. The number of ether oxygens (including phenoxy) is 4. The van der Waals surface area contributed by atoms with Crippen LogP contribution in [0.4, 0.5) is 55.3 Å². The van der Waals surface area contributed by atoms with E-state index in [1.54, 1.807) is 97.1 Å². The number of anilines is 2. The maximum absolute atomic E-state index is 16.3. The fourth-order valence-electron chi connectivity index (χ4n) is 12.4. The van der Waals surface area contributed by atoms with Gasteiger partial charge in [0.25, 0.3) is 23.6 Å². The van der Waals surface area contributed by atoms with E-state index in [0.29, 0.717) is 0 Å². The third kappa shape index (κ3) is 10.1. The summed E-state index contributed by atoms with van der Waals surface area (Å²) < 4.78 is 185. The smallest absolute Gasteiger partial charge is 0.266 e. The van der Waals surface area contributed by atoms with Crippen molar-refractivity contribution < 1.29 is 82.0 Å². The van der Waals surface area contributed by atoms with Crippen molar-refractivity contribution in [1.82, 2.24) is 0 Å². The first-order valence-electron chi connectivity index (χ1n) is 30.3. The zero-order chi connectivity index (χ0) is 69.2. The molecule has 4 amide bonds. The Balaban J connectivity index is 1.26. The summed E-state index contributed by atoms with van der Waals surface area (Å²) in [5.74, 6) is -32.9. The van der Waals surface area contributed by atoms with Crippen molar-refractivity contribution >= 4 is 78.1 Å². The van der Waals surface area contributed by atoms with Gasteiger partial charge in [-0.25, -0.2) is 53.7 Å². The van der Waals surface area contributed by atoms with Crippen LogP contribution < -0.4 is 28.7 Å².